The fourth-order valence-corrected chi connectivity index (χ4v) is 2.86. The fraction of sp³-hybridized carbons (Fsp3) is 0.0833. The first kappa shape index (κ1) is 14.2. The number of hydrogen-bond donors (Lipinski definition) is 1. The van der Waals surface area contributed by atoms with E-state index in [0.29, 0.717) is 11.1 Å². The van der Waals surface area contributed by atoms with Gasteiger partial charge in [0, 0.05) is 6.07 Å². The van der Waals surface area contributed by atoms with Crippen molar-refractivity contribution in [3.05, 3.63) is 52.9 Å². The third-order valence-electron chi connectivity index (χ3n) is 2.38. The molecule has 0 radical (unpaired) electrons. The number of nitrogens with one attached hydrogen (secondary N) is 1. The van der Waals surface area contributed by atoms with E-state index in [2.05, 4.69) is 14.7 Å². The lowest BCUT2D eigenvalue weighted by atomic mass is 10.1. The first-order valence-electron chi connectivity index (χ1n) is 5.46. The van der Waals surface area contributed by atoms with Crippen molar-refractivity contribution < 1.29 is 8.42 Å². The quantitative estimate of drug-likeness (QED) is 0.871. The predicted molar refractivity (Wildman–Crippen MR) is 74.4 cm³/mol. The number of sulfonamides is 1. The second-order valence-corrected chi connectivity index (χ2v) is 5.97. The predicted octanol–water partition coefficient (Wildman–Crippen LogP) is 1.94. The molecule has 20 heavy (non-hydrogen) atoms. The molecular formula is C12H9ClN4O2S. The molecule has 1 N–H and O–H groups in total. The molecule has 2 aromatic rings. The average Bonchev–Trinajstić information content (AvgIpc) is 2.38. The van der Waals surface area contributed by atoms with Crippen molar-refractivity contribution in [3.63, 3.8) is 0 Å². The number of aromatic nitrogens is 2. The van der Waals surface area contributed by atoms with Crippen LogP contribution in [0.4, 0.5) is 5.82 Å². The lowest BCUT2D eigenvalue weighted by Crippen LogP contribution is -2.16. The molecule has 1 aromatic carbocycles. The van der Waals surface area contributed by atoms with Crippen LogP contribution < -0.4 is 4.72 Å². The fourth-order valence-electron chi connectivity index (χ4n) is 1.54. The highest BCUT2D eigenvalue weighted by atomic mass is 35.5. The molecule has 1 aromatic heterocycles. The van der Waals surface area contributed by atoms with Crippen molar-refractivity contribution in [1.29, 1.82) is 5.26 Å². The molecule has 0 aliphatic heterocycles. The molecule has 8 heteroatoms. The zero-order valence-corrected chi connectivity index (χ0v) is 11.7. The number of anilines is 1. The summed E-state index contributed by atoms with van der Waals surface area (Å²) in [6.45, 7) is 0. The van der Waals surface area contributed by atoms with E-state index in [-0.39, 0.29) is 16.7 Å². The van der Waals surface area contributed by atoms with Gasteiger partial charge in [0.25, 0.3) is 0 Å². The van der Waals surface area contributed by atoms with Crippen molar-refractivity contribution in [1.82, 2.24) is 9.97 Å². The van der Waals surface area contributed by atoms with Crippen LogP contribution in [0.3, 0.4) is 0 Å². The first-order valence-corrected chi connectivity index (χ1v) is 7.49. The van der Waals surface area contributed by atoms with Crippen LogP contribution in [0.1, 0.15) is 11.1 Å². The number of halogens is 1. The maximum atomic E-state index is 12.0. The van der Waals surface area contributed by atoms with Crippen LogP contribution in [-0.2, 0) is 15.8 Å². The van der Waals surface area contributed by atoms with E-state index in [1.807, 2.05) is 6.07 Å². The van der Waals surface area contributed by atoms with Gasteiger partial charge in [0.15, 0.2) is 0 Å². The Morgan fingerprint density at radius 3 is 2.75 bits per heavy atom. The van der Waals surface area contributed by atoms with Crippen molar-refractivity contribution >= 4 is 27.4 Å². The van der Waals surface area contributed by atoms with Gasteiger partial charge in [0.1, 0.15) is 17.3 Å². The summed E-state index contributed by atoms with van der Waals surface area (Å²) < 4.78 is 26.3. The highest BCUT2D eigenvalue weighted by Gasteiger charge is 2.15. The largest absolute Gasteiger partial charge is 0.267 e. The average molecular weight is 309 g/mol. The lowest BCUT2D eigenvalue weighted by Gasteiger charge is -2.08. The van der Waals surface area contributed by atoms with Gasteiger partial charge < -0.3 is 0 Å². The summed E-state index contributed by atoms with van der Waals surface area (Å²) in [5.41, 5.74) is 0.737. The highest BCUT2D eigenvalue weighted by molar-refractivity contribution is 7.91. The maximum absolute atomic E-state index is 12.0. The summed E-state index contributed by atoms with van der Waals surface area (Å²) >= 11 is 5.65. The van der Waals surface area contributed by atoms with E-state index < -0.39 is 10.0 Å². The topological polar surface area (TPSA) is 95.7 Å². The minimum Gasteiger partial charge on any atom is -0.267 e. The van der Waals surface area contributed by atoms with Crippen LogP contribution in [-0.4, -0.2) is 18.4 Å². The lowest BCUT2D eigenvalue weighted by molar-refractivity contribution is 0.600. The zero-order valence-electron chi connectivity index (χ0n) is 10.1. The van der Waals surface area contributed by atoms with Gasteiger partial charge in [-0.25, -0.2) is 18.4 Å². The normalized spacial score (nSPS) is 10.8. The van der Waals surface area contributed by atoms with Crippen LogP contribution in [0, 0.1) is 11.3 Å². The molecule has 0 amide bonds. The van der Waals surface area contributed by atoms with E-state index in [9.17, 15) is 8.42 Å². The molecule has 6 nitrogen and oxygen atoms in total. The number of nitrogens with zero attached hydrogens (tertiary/aromatic N) is 3. The van der Waals surface area contributed by atoms with Gasteiger partial charge >= 0.3 is 0 Å². The third-order valence-corrected chi connectivity index (χ3v) is 3.80. The van der Waals surface area contributed by atoms with Gasteiger partial charge in [0.2, 0.25) is 10.0 Å². The molecule has 102 valence electrons. The van der Waals surface area contributed by atoms with Crippen molar-refractivity contribution in [2.24, 2.45) is 0 Å². The molecule has 1 heterocycles. The minimum atomic E-state index is -3.69. The Bertz CT molecular complexity index is 771. The van der Waals surface area contributed by atoms with E-state index in [4.69, 9.17) is 16.9 Å². The SMILES string of the molecule is N#Cc1ccccc1CS(=O)(=O)Nc1cc(Cl)ncn1. The van der Waals surface area contributed by atoms with Gasteiger partial charge in [-0.1, -0.05) is 29.8 Å². The third kappa shape index (κ3) is 3.66. The molecule has 0 aliphatic carbocycles. The molecule has 0 atom stereocenters. The van der Waals surface area contributed by atoms with Gasteiger partial charge in [-0.05, 0) is 11.6 Å². The molecule has 0 saturated carbocycles. The van der Waals surface area contributed by atoms with E-state index in [1.54, 1.807) is 24.3 Å². The van der Waals surface area contributed by atoms with Crippen LogP contribution in [0.5, 0.6) is 0 Å². The Hall–Kier alpha value is -2.17. The monoisotopic (exact) mass is 308 g/mol. The van der Waals surface area contributed by atoms with Crippen molar-refractivity contribution in [2.75, 3.05) is 4.72 Å². The summed E-state index contributed by atoms with van der Waals surface area (Å²) in [6, 6.07) is 9.75. The Kier molecular flexibility index (Phi) is 4.17. The van der Waals surface area contributed by atoms with E-state index in [0.717, 1.165) is 6.33 Å². The molecule has 0 bridgehead atoms. The van der Waals surface area contributed by atoms with Crippen LogP contribution in [0.25, 0.3) is 0 Å². The smallest absolute Gasteiger partial charge is 0.238 e. The highest BCUT2D eigenvalue weighted by Crippen LogP contribution is 2.15. The summed E-state index contributed by atoms with van der Waals surface area (Å²) in [4.78, 5) is 7.42. The second-order valence-electron chi connectivity index (χ2n) is 3.86. The zero-order chi connectivity index (χ0) is 14.6. The Morgan fingerprint density at radius 1 is 1.30 bits per heavy atom. The summed E-state index contributed by atoms with van der Waals surface area (Å²) in [5, 5.41) is 9.07. The van der Waals surface area contributed by atoms with Crippen LogP contribution in [0.2, 0.25) is 5.15 Å². The Morgan fingerprint density at radius 2 is 2.05 bits per heavy atom. The summed E-state index contributed by atoms with van der Waals surface area (Å²) in [5.74, 6) is -0.238. The van der Waals surface area contributed by atoms with E-state index >= 15 is 0 Å². The van der Waals surface area contributed by atoms with E-state index in [1.165, 1.54) is 6.07 Å². The first-order chi connectivity index (χ1) is 9.50. The Balaban J connectivity index is 2.22. The number of nitriles is 1. The van der Waals surface area contributed by atoms with Crippen molar-refractivity contribution in [3.8, 4) is 6.07 Å². The molecule has 0 saturated heterocycles. The number of rotatable bonds is 4. The standard InChI is InChI=1S/C12H9ClN4O2S/c13-11-5-12(16-8-15-11)17-20(18,19)7-10-4-2-1-3-9(10)6-14/h1-5,8H,7H2,(H,15,16,17). The molecule has 0 fully saturated rings. The molecular weight excluding hydrogens is 300 g/mol. The van der Waals surface area contributed by atoms with Crippen molar-refractivity contribution in [2.45, 2.75) is 5.75 Å². The minimum absolute atomic E-state index is 0.0828. The van der Waals surface area contributed by atoms with Crippen LogP contribution >= 0.6 is 11.6 Å². The van der Waals surface area contributed by atoms with Gasteiger partial charge in [-0.15, -0.1) is 0 Å². The molecule has 0 unspecified atom stereocenters. The number of hydrogen-bond acceptors (Lipinski definition) is 5. The summed E-state index contributed by atoms with van der Waals surface area (Å²) in [6.07, 6.45) is 1.16. The van der Waals surface area contributed by atoms with Gasteiger partial charge in [-0.2, -0.15) is 5.26 Å². The molecule has 0 aliphatic rings. The number of benzene rings is 1. The second kappa shape index (κ2) is 5.86. The van der Waals surface area contributed by atoms with Gasteiger partial charge in [-0.3, -0.25) is 4.72 Å². The van der Waals surface area contributed by atoms with Crippen LogP contribution in [0.15, 0.2) is 36.7 Å². The maximum Gasteiger partial charge on any atom is 0.238 e. The van der Waals surface area contributed by atoms with Gasteiger partial charge in [0.05, 0.1) is 17.4 Å². The molecule has 2 rings (SSSR count). The molecule has 0 spiro atoms. The Labute approximate surface area is 121 Å². The summed E-state index contributed by atoms with van der Waals surface area (Å²) in [7, 11) is -3.69.